The van der Waals surface area contributed by atoms with Gasteiger partial charge in [0.25, 0.3) is 15.9 Å². The van der Waals surface area contributed by atoms with E-state index in [-0.39, 0.29) is 28.7 Å². The summed E-state index contributed by atoms with van der Waals surface area (Å²) in [6.45, 7) is 8.42. The highest BCUT2D eigenvalue weighted by atomic mass is 32.2. The molecule has 0 radical (unpaired) electrons. The van der Waals surface area contributed by atoms with E-state index in [1.807, 2.05) is 13.8 Å². The van der Waals surface area contributed by atoms with E-state index >= 15 is 0 Å². The van der Waals surface area contributed by atoms with Crippen LogP contribution in [0.1, 0.15) is 29.8 Å². The first-order chi connectivity index (χ1) is 14.6. The number of amides is 1. The van der Waals surface area contributed by atoms with Crippen LogP contribution in [0.25, 0.3) is 0 Å². The van der Waals surface area contributed by atoms with Gasteiger partial charge in [-0.1, -0.05) is 12.1 Å². The molecule has 1 saturated heterocycles. The number of ether oxygens (including phenoxy) is 1. The number of aryl methyl sites for hydroxylation is 1. The van der Waals surface area contributed by atoms with E-state index in [1.165, 1.54) is 24.3 Å². The second kappa shape index (κ2) is 9.76. The molecule has 7 nitrogen and oxygen atoms in total. The molecule has 0 bridgehead atoms. The first-order valence-corrected chi connectivity index (χ1v) is 11.7. The molecule has 9 heteroatoms. The van der Waals surface area contributed by atoms with Gasteiger partial charge in [-0.15, -0.1) is 0 Å². The van der Waals surface area contributed by atoms with Crippen molar-refractivity contribution in [3.05, 3.63) is 59.4 Å². The highest BCUT2D eigenvalue weighted by Gasteiger charge is 2.22. The van der Waals surface area contributed by atoms with Crippen LogP contribution in [-0.2, 0) is 14.8 Å². The smallest absolute Gasteiger partial charge is 0.261 e. The third-order valence-corrected chi connectivity index (χ3v) is 6.42. The third-order valence-electron chi connectivity index (χ3n) is 5.04. The summed E-state index contributed by atoms with van der Waals surface area (Å²) in [7, 11) is -3.98. The maximum Gasteiger partial charge on any atom is 0.261 e. The van der Waals surface area contributed by atoms with Gasteiger partial charge in [0.2, 0.25) is 0 Å². The van der Waals surface area contributed by atoms with Crippen molar-refractivity contribution in [3.8, 4) is 0 Å². The van der Waals surface area contributed by atoms with Crippen molar-refractivity contribution < 1.29 is 22.3 Å². The molecule has 1 fully saturated rings. The van der Waals surface area contributed by atoms with Gasteiger partial charge in [0.05, 0.1) is 17.1 Å². The SMILES string of the molecule is Cc1ccc(S(=O)(=O)Nc2cccc(C(=O)NCCN3C[C@@H](C)O[C@@H](C)C3)c2)cc1F. The Kier molecular flexibility index (Phi) is 7.30. The van der Waals surface area contributed by atoms with Gasteiger partial charge in [0, 0.05) is 37.4 Å². The van der Waals surface area contributed by atoms with Crippen LogP contribution in [0, 0.1) is 12.7 Å². The predicted molar refractivity (Wildman–Crippen MR) is 117 cm³/mol. The quantitative estimate of drug-likeness (QED) is 0.679. The van der Waals surface area contributed by atoms with Crippen LogP contribution in [-0.4, -0.2) is 57.6 Å². The fourth-order valence-electron chi connectivity index (χ4n) is 3.58. The minimum Gasteiger partial charge on any atom is -0.373 e. The Hall–Kier alpha value is -2.49. The Bertz CT molecular complexity index is 1030. The summed E-state index contributed by atoms with van der Waals surface area (Å²) >= 11 is 0. The standard InChI is InChI=1S/C22H28FN3O4S/c1-15-7-8-20(12-21(15)23)31(28,29)25-19-6-4-5-18(11-19)22(27)24-9-10-26-13-16(2)30-17(3)14-26/h4-8,11-12,16-17,25H,9-10,13-14H2,1-3H3,(H,24,27)/t16-,17+. The zero-order chi connectivity index (χ0) is 22.6. The molecule has 1 amide bonds. The number of hydrogen-bond acceptors (Lipinski definition) is 5. The zero-order valence-corrected chi connectivity index (χ0v) is 18.7. The minimum absolute atomic E-state index is 0.158. The lowest BCUT2D eigenvalue weighted by Gasteiger charge is -2.35. The Morgan fingerprint density at radius 2 is 1.87 bits per heavy atom. The number of anilines is 1. The molecular weight excluding hydrogens is 421 g/mol. The number of sulfonamides is 1. The fourth-order valence-corrected chi connectivity index (χ4v) is 4.64. The summed E-state index contributed by atoms with van der Waals surface area (Å²) in [5.74, 6) is -0.892. The number of carbonyl (C=O) groups is 1. The lowest BCUT2D eigenvalue weighted by atomic mass is 10.2. The highest BCUT2D eigenvalue weighted by Crippen LogP contribution is 2.19. The largest absolute Gasteiger partial charge is 0.373 e. The molecule has 2 aromatic rings. The van der Waals surface area contributed by atoms with Crippen LogP contribution in [0.4, 0.5) is 10.1 Å². The summed E-state index contributed by atoms with van der Waals surface area (Å²) < 4.78 is 47.0. The van der Waals surface area contributed by atoms with Crippen molar-refractivity contribution in [1.29, 1.82) is 0 Å². The molecule has 0 aromatic heterocycles. The van der Waals surface area contributed by atoms with Gasteiger partial charge < -0.3 is 10.1 Å². The summed E-state index contributed by atoms with van der Waals surface area (Å²) in [4.78, 5) is 14.6. The molecule has 31 heavy (non-hydrogen) atoms. The molecule has 0 spiro atoms. The Labute approximate surface area is 182 Å². The molecule has 1 aliphatic rings. The number of morpholine rings is 1. The van der Waals surface area contributed by atoms with Gasteiger partial charge >= 0.3 is 0 Å². The maximum atomic E-state index is 13.8. The van der Waals surface area contributed by atoms with Crippen LogP contribution in [0.15, 0.2) is 47.4 Å². The third kappa shape index (κ3) is 6.25. The zero-order valence-electron chi connectivity index (χ0n) is 17.9. The average molecular weight is 450 g/mol. The van der Waals surface area contributed by atoms with Gasteiger partial charge in [-0.05, 0) is 56.7 Å². The van der Waals surface area contributed by atoms with Crippen molar-refractivity contribution in [2.45, 2.75) is 37.9 Å². The van der Waals surface area contributed by atoms with E-state index in [1.54, 1.807) is 19.1 Å². The van der Waals surface area contributed by atoms with Crippen LogP contribution in [0.5, 0.6) is 0 Å². The molecule has 0 saturated carbocycles. The van der Waals surface area contributed by atoms with Gasteiger partial charge in [0.1, 0.15) is 5.82 Å². The molecule has 168 valence electrons. The highest BCUT2D eigenvalue weighted by molar-refractivity contribution is 7.92. The first-order valence-electron chi connectivity index (χ1n) is 10.2. The summed E-state index contributed by atoms with van der Waals surface area (Å²) in [5, 5.41) is 2.86. The van der Waals surface area contributed by atoms with Crippen molar-refractivity contribution in [2.75, 3.05) is 30.9 Å². The number of hydrogen-bond donors (Lipinski definition) is 2. The molecular formula is C22H28FN3O4S. The number of nitrogens with one attached hydrogen (secondary N) is 2. The van der Waals surface area contributed by atoms with Crippen LogP contribution in [0.3, 0.4) is 0 Å². The lowest BCUT2D eigenvalue weighted by Crippen LogP contribution is -2.47. The summed E-state index contributed by atoms with van der Waals surface area (Å²) in [5.41, 5.74) is 0.919. The van der Waals surface area contributed by atoms with E-state index in [0.29, 0.717) is 24.2 Å². The predicted octanol–water partition coefficient (Wildman–Crippen LogP) is 2.77. The van der Waals surface area contributed by atoms with Crippen molar-refractivity contribution >= 4 is 21.6 Å². The normalized spacial score (nSPS) is 19.7. The van der Waals surface area contributed by atoms with Gasteiger partial charge in [-0.2, -0.15) is 0 Å². The van der Waals surface area contributed by atoms with E-state index in [4.69, 9.17) is 4.74 Å². The van der Waals surface area contributed by atoms with Gasteiger partial charge in [0.15, 0.2) is 0 Å². The number of carbonyl (C=O) groups excluding carboxylic acids is 1. The average Bonchev–Trinajstić information content (AvgIpc) is 2.69. The topological polar surface area (TPSA) is 87.7 Å². The number of nitrogens with zero attached hydrogens (tertiary/aromatic N) is 1. The fraction of sp³-hybridized carbons (Fsp3) is 0.409. The number of halogens is 1. The van der Waals surface area contributed by atoms with Crippen molar-refractivity contribution in [3.63, 3.8) is 0 Å². The molecule has 1 heterocycles. The monoisotopic (exact) mass is 449 g/mol. The molecule has 0 aliphatic carbocycles. The second-order valence-electron chi connectivity index (χ2n) is 7.87. The van der Waals surface area contributed by atoms with E-state index in [9.17, 15) is 17.6 Å². The lowest BCUT2D eigenvalue weighted by molar-refractivity contribution is -0.0672. The number of benzene rings is 2. The van der Waals surface area contributed by atoms with Crippen molar-refractivity contribution in [2.24, 2.45) is 0 Å². The van der Waals surface area contributed by atoms with Crippen LogP contribution >= 0.6 is 0 Å². The van der Waals surface area contributed by atoms with Crippen LogP contribution < -0.4 is 10.0 Å². The Morgan fingerprint density at radius 1 is 1.16 bits per heavy atom. The second-order valence-corrected chi connectivity index (χ2v) is 9.55. The van der Waals surface area contributed by atoms with E-state index in [0.717, 1.165) is 19.2 Å². The minimum atomic E-state index is -3.98. The summed E-state index contributed by atoms with van der Waals surface area (Å²) in [6, 6.07) is 9.91. The summed E-state index contributed by atoms with van der Waals surface area (Å²) in [6.07, 6.45) is 0.317. The van der Waals surface area contributed by atoms with Crippen molar-refractivity contribution in [1.82, 2.24) is 10.2 Å². The van der Waals surface area contributed by atoms with Crippen LogP contribution in [0.2, 0.25) is 0 Å². The number of rotatable bonds is 7. The van der Waals surface area contributed by atoms with E-state index in [2.05, 4.69) is 14.9 Å². The molecule has 0 unspecified atom stereocenters. The van der Waals surface area contributed by atoms with Gasteiger partial charge in [-0.3, -0.25) is 14.4 Å². The maximum absolute atomic E-state index is 13.8. The Morgan fingerprint density at radius 3 is 2.55 bits per heavy atom. The first kappa shape index (κ1) is 23.2. The molecule has 1 aliphatic heterocycles. The van der Waals surface area contributed by atoms with E-state index < -0.39 is 15.8 Å². The molecule has 3 rings (SSSR count). The Balaban J connectivity index is 1.60. The molecule has 2 N–H and O–H groups in total. The van der Waals surface area contributed by atoms with Gasteiger partial charge in [-0.25, -0.2) is 12.8 Å². The molecule has 2 aromatic carbocycles. The molecule has 2 atom stereocenters.